The monoisotopic (exact) mass is 327 g/mol. The van der Waals surface area contributed by atoms with Gasteiger partial charge in [-0.15, -0.1) is 0 Å². The zero-order valence-electron chi connectivity index (χ0n) is 13.2. The summed E-state index contributed by atoms with van der Waals surface area (Å²) in [5, 5.41) is 11.4. The van der Waals surface area contributed by atoms with Crippen LogP contribution in [0.2, 0.25) is 0 Å². The van der Waals surface area contributed by atoms with Gasteiger partial charge in [0.05, 0.1) is 5.69 Å². The number of halogens is 2. The molecule has 0 aliphatic rings. The summed E-state index contributed by atoms with van der Waals surface area (Å²) in [5.74, 6) is -2.42. The smallest absolute Gasteiger partial charge is 0.266 e. The Hall–Kier alpha value is -3.20. The van der Waals surface area contributed by atoms with Gasteiger partial charge in [0, 0.05) is 25.8 Å². The van der Waals surface area contributed by atoms with Crippen molar-refractivity contribution in [3.8, 4) is 6.07 Å². The van der Waals surface area contributed by atoms with Crippen LogP contribution in [0.3, 0.4) is 0 Å². The maximum absolute atomic E-state index is 13.6. The standard InChI is InChI=1S/C18H15F2N3O/c1-23(2)15-6-3-12(4-7-15)9-13(11-21)18(24)22-17-8-5-14(19)10-16(17)20/h3-10H,1-2H3,(H,22,24)/b13-9+. The number of anilines is 2. The Morgan fingerprint density at radius 2 is 1.83 bits per heavy atom. The minimum Gasteiger partial charge on any atom is -0.378 e. The minimum absolute atomic E-state index is 0.184. The first-order valence-corrected chi connectivity index (χ1v) is 7.06. The quantitative estimate of drug-likeness (QED) is 0.690. The van der Waals surface area contributed by atoms with E-state index in [0.29, 0.717) is 11.6 Å². The highest BCUT2D eigenvalue weighted by atomic mass is 19.1. The molecule has 0 unspecified atom stereocenters. The molecule has 2 aromatic carbocycles. The molecule has 6 heteroatoms. The van der Waals surface area contributed by atoms with Gasteiger partial charge in [0.2, 0.25) is 0 Å². The van der Waals surface area contributed by atoms with Crippen molar-refractivity contribution in [3.63, 3.8) is 0 Å². The van der Waals surface area contributed by atoms with E-state index in [1.54, 1.807) is 18.2 Å². The van der Waals surface area contributed by atoms with Crippen LogP contribution in [0.5, 0.6) is 0 Å². The second kappa shape index (κ2) is 7.38. The van der Waals surface area contributed by atoms with E-state index in [1.165, 1.54) is 6.08 Å². The molecule has 1 N–H and O–H groups in total. The van der Waals surface area contributed by atoms with Crippen molar-refractivity contribution in [2.45, 2.75) is 0 Å². The van der Waals surface area contributed by atoms with Crippen molar-refractivity contribution in [1.82, 2.24) is 0 Å². The predicted octanol–water partition coefficient (Wildman–Crippen LogP) is 3.58. The molecule has 0 atom stereocenters. The van der Waals surface area contributed by atoms with Gasteiger partial charge in [-0.1, -0.05) is 12.1 Å². The molecule has 0 heterocycles. The van der Waals surface area contributed by atoms with Crippen molar-refractivity contribution >= 4 is 23.4 Å². The first kappa shape index (κ1) is 17.2. The van der Waals surface area contributed by atoms with Crippen LogP contribution in [-0.2, 0) is 4.79 Å². The zero-order chi connectivity index (χ0) is 17.7. The molecule has 0 aliphatic heterocycles. The molecule has 0 saturated carbocycles. The SMILES string of the molecule is CN(C)c1ccc(/C=C(\C#N)C(=O)Nc2ccc(F)cc2F)cc1. The molecule has 2 rings (SSSR count). The average Bonchev–Trinajstić information content (AvgIpc) is 2.55. The molecule has 0 aliphatic carbocycles. The van der Waals surface area contributed by atoms with Crippen LogP contribution in [-0.4, -0.2) is 20.0 Å². The average molecular weight is 327 g/mol. The fourth-order valence-electron chi connectivity index (χ4n) is 1.96. The third-order valence-electron chi connectivity index (χ3n) is 3.26. The summed E-state index contributed by atoms with van der Waals surface area (Å²) >= 11 is 0. The third-order valence-corrected chi connectivity index (χ3v) is 3.26. The Morgan fingerprint density at radius 1 is 1.17 bits per heavy atom. The van der Waals surface area contributed by atoms with Crippen LogP contribution in [0, 0.1) is 23.0 Å². The second-order valence-corrected chi connectivity index (χ2v) is 5.23. The number of carbonyl (C=O) groups excluding carboxylic acids is 1. The molecule has 4 nitrogen and oxygen atoms in total. The number of amides is 1. The van der Waals surface area contributed by atoms with Gasteiger partial charge in [-0.25, -0.2) is 8.78 Å². The Morgan fingerprint density at radius 3 is 2.38 bits per heavy atom. The van der Waals surface area contributed by atoms with E-state index < -0.39 is 17.5 Å². The molecule has 0 fully saturated rings. The topological polar surface area (TPSA) is 56.1 Å². The fraction of sp³-hybridized carbons (Fsp3) is 0.111. The molecular formula is C18H15F2N3O. The lowest BCUT2D eigenvalue weighted by Crippen LogP contribution is -2.14. The van der Waals surface area contributed by atoms with Gasteiger partial charge in [0.15, 0.2) is 0 Å². The Balaban J connectivity index is 2.20. The number of nitriles is 1. The van der Waals surface area contributed by atoms with E-state index in [-0.39, 0.29) is 11.3 Å². The van der Waals surface area contributed by atoms with Crippen molar-refractivity contribution in [2.24, 2.45) is 0 Å². The molecule has 1 amide bonds. The number of benzene rings is 2. The maximum Gasteiger partial charge on any atom is 0.266 e. The van der Waals surface area contributed by atoms with Crippen molar-refractivity contribution in [1.29, 1.82) is 5.26 Å². The van der Waals surface area contributed by atoms with Gasteiger partial charge in [-0.3, -0.25) is 4.79 Å². The molecule has 0 bridgehead atoms. The van der Waals surface area contributed by atoms with Crippen molar-refractivity contribution < 1.29 is 13.6 Å². The lowest BCUT2D eigenvalue weighted by molar-refractivity contribution is -0.112. The van der Waals surface area contributed by atoms with E-state index >= 15 is 0 Å². The van der Waals surface area contributed by atoms with Gasteiger partial charge in [0.1, 0.15) is 23.3 Å². The number of nitrogens with one attached hydrogen (secondary N) is 1. The lowest BCUT2D eigenvalue weighted by Gasteiger charge is -2.12. The summed E-state index contributed by atoms with van der Waals surface area (Å²) in [5.41, 5.74) is 1.26. The van der Waals surface area contributed by atoms with Crippen LogP contribution in [0.4, 0.5) is 20.2 Å². The fourth-order valence-corrected chi connectivity index (χ4v) is 1.96. The Bertz CT molecular complexity index is 821. The van der Waals surface area contributed by atoms with Crippen LogP contribution < -0.4 is 10.2 Å². The summed E-state index contributed by atoms with van der Waals surface area (Å²) in [6.07, 6.45) is 1.40. The van der Waals surface area contributed by atoms with E-state index in [0.717, 1.165) is 17.8 Å². The molecule has 2 aromatic rings. The van der Waals surface area contributed by atoms with Crippen LogP contribution >= 0.6 is 0 Å². The maximum atomic E-state index is 13.6. The van der Waals surface area contributed by atoms with Gasteiger partial charge in [0.25, 0.3) is 5.91 Å². The summed E-state index contributed by atoms with van der Waals surface area (Å²) in [6, 6.07) is 11.8. The largest absolute Gasteiger partial charge is 0.378 e. The van der Waals surface area contributed by atoms with Gasteiger partial charge in [-0.05, 0) is 35.9 Å². The first-order valence-electron chi connectivity index (χ1n) is 7.06. The van der Waals surface area contributed by atoms with Crippen LogP contribution in [0.25, 0.3) is 6.08 Å². The normalized spacial score (nSPS) is 10.9. The highest BCUT2D eigenvalue weighted by molar-refractivity contribution is 6.09. The minimum atomic E-state index is -0.907. The summed E-state index contributed by atoms with van der Waals surface area (Å²) in [7, 11) is 3.80. The highest BCUT2D eigenvalue weighted by Gasteiger charge is 2.12. The van der Waals surface area contributed by atoms with E-state index in [2.05, 4.69) is 5.32 Å². The Kier molecular flexibility index (Phi) is 5.27. The van der Waals surface area contributed by atoms with Gasteiger partial charge < -0.3 is 10.2 Å². The lowest BCUT2D eigenvalue weighted by atomic mass is 10.1. The van der Waals surface area contributed by atoms with Gasteiger partial charge in [-0.2, -0.15) is 5.26 Å². The molecule has 24 heavy (non-hydrogen) atoms. The number of hydrogen-bond acceptors (Lipinski definition) is 3. The van der Waals surface area contributed by atoms with E-state index in [4.69, 9.17) is 5.26 Å². The number of carbonyl (C=O) groups is 1. The Labute approximate surface area is 138 Å². The van der Waals surface area contributed by atoms with Gasteiger partial charge >= 0.3 is 0 Å². The molecule has 0 aromatic heterocycles. The van der Waals surface area contributed by atoms with E-state index in [9.17, 15) is 13.6 Å². The second-order valence-electron chi connectivity index (χ2n) is 5.23. The van der Waals surface area contributed by atoms with Crippen molar-refractivity contribution in [2.75, 3.05) is 24.3 Å². The zero-order valence-corrected chi connectivity index (χ0v) is 13.2. The molecule has 0 radical (unpaired) electrons. The van der Waals surface area contributed by atoms with Crippen molar-refractivity contribution in [3.05, 3.63) is 65.2 Å². The molecule has 122 valence electrons. The summed E-state index contributed by atoms with van der Waals surface area (Å²) < 4.78 is 26.4. The number of hydrogen-bond donors (Lipinski definition) is 1. The van der Waals surface area contributed by atoms with Crippen LogP contribution in [0.15, 0.2) is 48.0 Å². The first-order chi connectivity index (χ1) is 11.4. The summed E-state index contributed by atoms with van der Waals surface area (Å²) in [6.45, 7) is 0. The number of nitrogens with zero attached hydrogens (tertiary/aromatic N) is 2. The van der Waals surface area contributed by atoms with Crippen LogP contribution in [0.1, 0.15) is 5.56 Å². The number of rotatable bonds is 4. The molecule has 0 saturated heterocycles. The molecule has 0 spiro atoms. The third kappa shape index (κ3) is 4.17. The van der Waals surface area contributed by atoms with E-state index in [1.807, 2.05) is 31.1 Å². The predicted molar refractivity (Wildman–Crippen MR) is 89.3 cm³/mol. The highest BCUT2D eigenvalue weighted by Crippen LogP contribution is 2.18. The molecular weight excluding hydrogens is 312 g/mol. The summed E-state index contributed by atoms with van der Waals surface area (Å²) in [4.78, 5) is 14.0.